The molecule has 104 valence electrons. The Morgan fingerprint density at radius 1 is 1.42 bits per heavy atom. The zero-order valence-corrected chi connectivity index (χ0v) is 11.7. The van der Waals surface area contributed by atoms with E-state index in [0.717, 1.165) is 37.0 Å². The van der Waals surface area contributed by atoms with Crippen LogP contribution in [0.2, 0.25) is 0 Å². The van der Waals surface area contributed by atoms with E-state index in [0.29, 0.717) is 12.1 Å². The van der Waals surface area contributed by atoms with Crippen molar-refractivity contribution in [2.24, 2.45) is 5.73 Å². The van der Waals surface area contributed by atoms with E-state index in [2.05, 4.69) is 5.32 Å². The molecule has 0 radical (unpaired) electrons. The maximum Gasteiger partial charge on any atom is 0.251 e. The maximum absolute atomic E-state index is 12.3. The van der Waals surface area contributed by atoms with Gasteiger partial charge in [0.05, 0.1) is 12.6 Å². The normalized spacial score (nSPS) is 17.2. The van der Waals surface area contributed by atoms with Gasteiger partial charge in [0.25, 0.3) is 5.91 Å². The molecule has 0 saturated heterocycles. The number of hydrogen-bond donors (Lipinski definition) is 2. The van der Waals surface area contributed by atoms with Crippen molar-refractivity contribution in [1.29, 1.82) is 0 Å². The fourth-order valence-corrected chi connectivity index (χ4v) is 2.71. The first-order valence-corrected chi connectivity index (χ1v) is 6.77. The van der Waals surface area contributed by atoms with Gasteiger partial charge in [-0.25, -0.2) is 0 Å². The summed E-state index contributed by atoms with van der Waals surface area (Å²) < 4.78 is 5.25. The highest BCUT2D eigenvalue weighted by Crippen LogP contribution is 2.29. The van der Waals surface area contributed by atoms with E-state index in [9.17, 15) is 4.79 Å². The molecule has 3 N–H and O–H groups in total. The third-order valence-electron chi connectivity index (χ3n) is 4.00. The number of nitrogens with two attached hydrogens (primary N) is 1. The van der Waals surface area contributed by atoms with E-state index in [1.807, 2.05) is 19.1 Å². The van der Waals surface area contributed by atoms with Crippen molar-refractivity contribution >= 4 is 5.91 Å². The van der Waals surface area contributed by atoms with Crippen molar-refractivity contribution < 1.29 is 9.53 Å². The van der Waals surface area contributed by atoms with Crippen LogP contribution in [-0.4, -0.2) is 25.1 Å². The first-order valence-electron chi connectivity index (χ1n) is 6.77. The van der Waals surface area contributed by atoms with Crippen molar-refractivity contribution in [2.45, 2.75) is 38.1 Å². The second-order valence-electron chi connectivity index (χ2n) is 5.33. The number of carbonyl (C=O) groups is 1. The van der Waals surface area contributed by atoms with Crippen LogP contribution in [-0.2, 0) is 0 Å². The molecule has 0 unspecified atom stereocenters. The number of nitrogens with one attached hydrogen (secondary N) is 1. The highest BCUT2D eigenvalue weighted by atomic mass is 16.5. The summed E-state index contributed by atoms with van der Waals surface area (Å²) in [6, 6.07) is 5.51. The SMILES string of the molecule is COc1cc(C(=O)NC2(CN)CCCC2)ccc1C. The predicted octanol–water partition coefficient (Wildman–Crippen LogP) is 2.00. The lowest BCUT2D eigenvalue weighted by molar-refractivity contribution is 0.0902. The fraction of sp³-hybridized carbons (Fsp3) is 0.533. The minimum atomic E-state index is -0.213. The van der Waals surface area contributed by atoms with Crippen molar-refractivity contribution in [2.75, 3.05) is 13.7 Å². The largest absolute Gasteiger partial charge is 0.496 e. The Bertz CT molecular complexity index is 465. The molecule has 4 heteroatoms. The van der Waals surface area contributed by atoms with Gasteiger partial charge in [-0.3, -0.25) is 4.79 Å². The van der Waals surface area contributed by atoms with E-state index < -0.39 is 0 Å². The van der Waals surface area contributed by atoms with Gasteiger partial charge in [0.2, 0.25) is 0 Å². The molecule has 0 heterocycles. The monoisotopic (exact) mass is 262 g/mol. The number of benzene rings is 1. The lowest BCUT2D eigenvalue weighted by Gasteiger charge is -2.28. The van der Waals surface area contributed by atoms with Crippen LogP contribution in [0, 0.1) is 6.92 Å². The molecule has 4 nitrogen and oxygen atoms in total. The summed E-state index contributed by atoms with van der Waals surface area (Å²) in [4.78, 5) is 12.3. The quantitative estimate of drug-likeness (QED) is 0.872. The Morgan fingerprint density at radius 2 is 2.11 bits per heavy atom. The van der Waals surface area contributed by atoms with Crippen LogP contribution in [0.15, 0.2) is 18.2 Å². The summed E-state index contributed by atoms with van der Waals surface area (Å²) >= 11 is 0. The average Bonchev–Trinajstić information content (AvgIpc) is 2.88. The topological polar surface area (TPSA) is 64.3 Å². The highest BCUT2D eigenvalue weighted by Gasteiger charge is 2.34. The molecule has 0 aliphatic heterocycles. The second kappa shape index (κ2) is 5.61. The Hall–Kier alpha value is -1.55. The molecule has 1 saturated carbocycles. The smallest absolute Gasteiger partial charge is 0.251 e. The van der Waals surface area contributed by atoms with Crippen molar-refractivity contribution in [3.8, 4) is 5.75 Å². The van der Waals surface area contributed by atoms with Gasteiger partial charge in [-0.2, -0.15) is 0 Å². The van der Waals surface area contributed by atoms with Gasteiger partial charge < -0.3 is 15.8 Å². The summed E-state index contributed by atoms with van der Waals surface area (Å²) in [5, 5.41) is 3.11. The average molecular weight is 262 g/mol. The third kappa shape index (κ3) is 2.89. The zero-order valence-electron chi connectivity index (χ0n) is 11.7. The van der Waals surface area contributed by atoms with Crippen molar-refractivity contribution in [1.82, 2.24) is 5.32 Å². The maximum atomic E-state index is 12.3. The van der Waals surface area contributed by atoms with Crippen LogP contribution < -0.4 is 15.8 Å². The Labute approximate surface area is 114 Å². The van der Waals surface area contributed by atoms with Gasteiger partial charge in [0.1, 0.15) is 5.75 Å². The number of aryl methyl sites for hydroxylation is 1. The standard InChI is InChI=1S/C15H22N2O2/c1-11-5-6-12(9-13(11)19-2)14(18)17-15(10-16)7-3-4-8-15/h5-6,9H,3-4,7-8,10,16H2,1-2H3,(H,17,18). The molecule has 1 fully saturated rings. The zero-order chi connectivity index (χ0) is 13.9. The summed E-state index contributed by atoms with van der Waals surface area (Å²) in [6.45, 7) is 2.46. The minimum Gasteiger partial charge on any atom is -0.496 e. The van der Waals surface area contributed by atoms with E-state index in [1.165, 1.54) is 0 Å². The lowest BCUT2D eigenvalue weighted by Crippen LogP contribution is -2.51. The van der Waals surface area contributed by atoms with Crippen LogP contribution in [0.5, 0.6) is 5.75 Å². The van der Waals surface area contributed by atoms with Gasteiger partial charge >= 0.3 is 0 Å². The van der Waals surface area contributed by atoms with E-state index in [1.54, 1.807) is 13.2 Å². The molecule has 0 bridgehead atoms. The number of ether oxygens (including phenoxy) is 1. The summed E-state index contributed by atoms with van der Waals surface area (Å²) in [7, 11) is 1.61. The van der Waals surface area contributed by atoms with E-state index in [4.69, 9.17) is 10.5 Å². The summed E-state index contributed by atoms with van der Waals surface area (Å²) in [6.07, 6.45) is 4.21. The summed E-state index contributed by atoms with van der Waals surface area (Å²) in [5.74, 6) is 0.673. The molecule has 2 rings (SSSR count). The number of carbonyl (C=O) groups excluding carboxylic acids is 1. The number of hydrogen-bond acceptors (Lipinski definition) is 3. The predicted molar refractivity (Wildman–Crippen MR) is 75.5 cm³/mol. The van der Waals surface area contributed by atoms with Gasteiger partial charge in [-0.05, 0) is 37.5 Å². The first kappa shape index (κ1) is 13.9. The molecule has 19 heavy (non-hydrogen) atoms. The molecule has 1 aromatic rings. The molecular formula is C15H22N2O2. The number of methoxy groups -OCH3 is 1. The van der Waals surface area contributed by atoms with Gasteiger partial charge in [-0.15, -0.1) is 0 Å². The van der Waals surface area contributed by atoms with Crippen molar-refractivity contribution in [3.63, 3.8) is 0 Å². The third-order valence-corrected chi connectivity index (χ3v) is 4.00. The Morgan fingerprint density at radius 3 is 2.68 bits per heavy atom. The molecule has 1 amide bonds. The van der Waals surface area contributed by atoms with Crippen LogP contribution in [0.1, 0.15) is 41.6 Å². The van der Waals surface area contributed by atoms with Crippen LogP contribution in [0.4, 0.5) is 0 Å². The molecule has 1 aromatic carbocycles. The molecule has 0 spiro atoms. The second-order valence-corrected chi connectivity index (χ2v) is 5.33. The highest BCUT2D eigenvalue weighted by molar-refractivity contribution is 5.95. The number of rotatable bonds is 4. The molecule has 1 aliphatic carbocycles. The van der Waals surface area contributed by atoms with E-state index >= 15 is 0 Å². The van der Waals surface area contributed by atoms with Crippen LogP contribution in [0.3, 0.4) is 0 Å². The molecule has 1 aliphatic rings. The Balaban J connectivity index is 2.15. The summed E-state index contributed by atoms with van der Waals surface area (Å²) in [5.41, 5.74) is 7.27. The van der Waals surface area contributed by atoms with Crippen LogP contribution in [0.25, 0.3) is 0 Å². The van der Waals surface area contributed by atoms with Gasteiger partial charge in [-0.1, -0.05) is 18.9 Å². The van der Waals surface area contributed by atoms with Crippen molar-refractivity contribution in [3.05, 3.63) is 29.3 Å². The molecule has 0 aromatic heterocycles. The van der Waals surface area contributed by atoms with Gasteiger partial charge in [0, 0.05) is 12.1 Å². The first-order chi connectivity index (χ1) is 9.10. The van der Waals surface area contributed by atoms with Crippen LogP contribution >= 0.6 is 0 Å². The lowest BCUT2D eigenvalue weighted by atomic mass is 9.97. The van der Waals surface area contributed by atoms with Gasteiger partial charge in [0.15, 0.2) is 0 Å². The Kier molecular flexibility index (Phi) is 4.10. The van der Waals surface area contributed by atoms with E-state index in [-0.39, 0.29) is 11.4 Å². The molecular weight excluding hydrogens is 240 g/mol. The number of amides is 1. The fourth-order valence-electron chi connectivity index (χ4n) is 2.71. The molecule has 0 atom stereocenters. The minimum absolute atomic E-state index is 0.0642.